The Kier molecular flexibility index (Phi) is 5.72. The van der Waals surface area contributed by atoms with Crippen LogP contribution in [0.15, 0.2) is 36.5 Å². The van der Waals surface area contributed by atoms with Gasteiger partial charge >= 0.3 is 0 Å². The number of nitrogens with zero attached hydrogens (tertiary/aromatic N) is 3. The first kappa shape index (κ1) is 16.8. The Hall–Kier alpha value is -2.05. The van der Waals surface area contributed by atoms with Crippen LogP contribution in [0.25, 0.3) is 0 Å². The van der Waals surface area contributed by atoms with Crippen molar-refractivity contribution in [2.75, 3.05) is 32.8 Å². The summed E-state index contributed by atoms with van der Waals surface area (Å²) in [5.41, 5.74) is 0.926. The summed E-state index contributed by atoms with van der Waals surface area (Å²) in [7, 11) is 0. The molecule has 2 aromatic rings. The molecule has 1 unspecified atom stereocenters. The molecule has 1 atom stereocenters. The lowest BCUT2D eigenvalue weighted by Crippen LogP contribution is -2.39. The topological polar surface area (TPSA) is 47.5 Å². The van der Waals surface area contributed by atoms with Gasteiger partial charge in [-0.3, -0.25) is 4.90 Å². The van der Waals surface area contributed by atoms with E-state index < -0.39 is 0 Å². The minimum Gasteiger partial charge on any atom is -0.490 e. The normalized spacial score (nSPS) is 18.5. The van der Waals surface area contributed by atoms with Crippen molar-refractivity contribution < 1.29 is 13.9 Å². The van der Waals surface area contributed by atoms with E-state index in [0.717, 1.165) is 37.6 Å². The Morgan fingerprint density at radius 2 is 2.21 bits per heavy atom. The second-order valence-corrected chi connectivity index (χ2v) is 5.82. The molecule has 0 radical (unpaired) electrons. The summed E-state index contributed by atoms with van der Waals surface area (Å²) in [6, 6.07) is 8.39. The number of benzene rings is 1. The standard InChI is InChI=1S/C18H22FN3O2/c1-14-20-8-7-16(21-14)18-13-22(10-12-24-18)9-4-11-23-17-6-3-2-5-15(17)19/h2-3,5-8,18H,4,9-13H2,1H3. The fourth-order valence-corrected chi connectivity index (χ4v) is 2.77. The van der Waals surface area contributed by atoms with Gasteiger partial charge in [0.25, 0.3) is 0 Å². The first-order valence-corrected chi connectivity index (χ1v) is 8.23. The molecule has 0 bridgehead atoms. The van der Waals surface area contributed by atoms with Crippen LogP contribution in [0.3, 0.4) is 0 Å². The molecule has 0 N–H and O–H groups in total. The smallest absolute Gasteiger partial charge is 0.165 e. The zero-order valence-corrected chi connectivity index (χ0v) is 13.8. The first-order valence-electron chi connectivity index (χ1n) is 8.23. The van der Waals surface area contributed by atoms with Crippen molar-refractivity contribution in [2.45, 2.75) is 19.4 Å². The van der Waals surface area contributed by atoms with Crippen LogP contribution < -0.4 is 4.74 Å². The maximum absolute atomic E-state index is 13.5. The van der Waals surface area contributed by atoms with Gasteiger partial charge in [-0.05, 0) is 31.5 Å². The van der Waals surface area contributed by atoms with Crippen molar-refractivity contribution in [3.63, 3.8) is 0 Å². The van der Waals surface area contributed by atoms with E-state index in [-0.39, 0.29) is 11.9 Å². The highest BCUT2D eigenvalue weighted by atomic mass is 19.1. The molecule has 1 aromatic heterocycles. The lowest BCUT2D eigenvalue weighted by molar-refractivity contribution is -0.0332. The Bertz CT molecular complexity index is 668. The lowest BCUT2D eigenvalue weighted by atomic mass is 10.2. The van der Waals surface area contributed by atoms with E-state index in [2.05, 4.69) is 14.9 Å². The Morgan fingerprint density at radius 1 is 1.33 bits per heavy atom. The third-order valence-corrected chi connectivity index (χ3v) is 3.99. The number of hydrogen-bond acceptors (Lipinski definition) is 5. The number of para-hydroxylation sites is 1. The summed E-state index contributed by atoms with van der Waals surface area (Å²) in [6.45, 7) is 5.64. The number of aromatic nitrogens is 2. The molecule has 24 heavy (non-hydrogen) atoms. The molecule has 128 valence electrons. The Morgan fingerprint density at radius 3 is 3.04 bits per heavy atom. The van der Waals surface area contributed by atoms with Crippen molar-refractivity contribution in [3.05, 3.63) is 53.9 Å². The number of rotatable bonds is 6. The van der Waals surface area contributed by atoms with Crippen LogP contribution >= 0.6 is 0 Å². The van der Waals surface area contributed by atoms with Crippen LogP contribution in [0.1, 0.15) is 24.0 Å². The molecule has 1 aromatic carbocycles. The maximum Gasteiger partial charge on any atom is 0.165 e. The van der Waals surface area contributed by atoms with Gasteiger partial charge in [0.1, 0.15) is 11.9 Å². The average molecular weight is 331 g/mol. The minimum atomic E-state index is -0.317. The quantitative estimate of drug-likeness (QED) is 0.762. The van der Waals surface area contributed by atoms with Crippen molar-refractivity contribution in [2.24, 2.45) is 0 Å². The summed E-state index contributed by atoms with van der Waals surface area (Å²) >= 11 is 0. The van der Waals surface area contributed by atoms with E-state index in [1.165, 1.54) is 6.07 Å². The third-order valence-electron chi connectivity index (χ3n) is 3.99. The van der Waals surface area contributed by atoms with Crippen LogP contribution in [0.5, 0.6) is 5.75 Å². The van der Waals surface area contributed by atoms with Crippen LogP contribution in [0.2, 0.25) is 0 Å². The highest BCUT2D eigenvalue weighted by Gasteiger charge is 2.22. The van der Waals surface area contributed by atoms with Gasteiger partial charge in [0.2, 0.25) is 0 Å². The van der Waals surface area contributed by atoms with Crippen LogP contribution in [0, 0.1) is 12.7 Å². The molecule has 1 fully saturated rings. The van der Waals surface area contributed by atoms with Crippen LogP contribution in [0.4, 0.5) is 4.39 Å². The van der Waals surface area contributed by atoms with Gasteiger partial charge < -0.3 is 9.47 Å². The molecule has 5 nitrogen and oxygen atoms in total. The fourth-order valence-electron chi connectivity index (χ4n) is 2.77. The summed E-state index contributed by atoms with van der Waals surface area (Å²) in [4.78, 5) is 10.9. The molecule has 0 aliphatic carbocycles. The summed E-state index contributed by atoms with van der Waals surface area (Å²) < 4.78 is 24.8. The third kappa shape index (κ3) is 4.49. The van der Waals surface area contributed by atoms with Gasteiger partial charge in [-0.25, -0.2) is 14.4 Å². The summed E-state index contributed by atoms with van der Waals surface area (Å²) in [5, 5.41) is 0. The molecule has 0 saturated carbocycles. The van der Waals surface area contributed by atoms with Gasteiger partial charge in [0.15, 0.2) is 11.6 Å². The van der Waals surface area contributed by atoms with Gasteiger partial charge in [0.05, 0.1) is 18.9 Å². The van der Waals surface area contributed by atoms with Gasteiger partial charge in [0, 0.05) is 25.8 Å². The predicted octanol–water partition coefficient (Wildman–Crippen LogP) is 2.77. The van der Waals surface area contributed by atoms with E-state index in [0.29, 0.717) is 19.0 Å². The van der Waals surface area contributed by atoms with Gasteiger partial charge in [-0.15, -0.1) is 0 Å². The molecule has 6 heteroatoms. The second kappa shape index (κ2) is 8.17. The number of hydrogen-bond donors (Lipinski definition) is 0. The zero-order valence-electron chi connectivity index (χ0n) is 13.8. The highest BCUT2D eigenvalue weighted by molar-refractivity contribution is 5.23. The maximum atomic E-state index is 13.5. The molecule has 0 spiro atoms. The van der Waals surface area contributed by atoms with Crippen molar-refractivity contribution in [1.82, 2.24) is 14.9 Å². The zero-order chi connectivity index (χ0) is 16.8. The monoisotopic (exact) mass is 331 g/mol. The van der Waals surface area contributed by atoms with Crippen LogP contribution in [-0.2, 0) is 4.74 Å². The SMILES string of the molecule is Cc1nccc(C2CN(CCCOc3ccccc3F)CCO2)n1. The van der Waals surface area contributed by atoms with E-state index >= 15 is 0 Å². The molecule has 1 aliphatic rings. The molecule has 3 rings (SSSR count). The fraction of sp³-hybridized carbons (Fsp3) is 0.444. The van der Waals surface area contributed by atoms with Crippen molar-refractivity contribution in [3.8, 4) is 5.75 Å². The van der Waals surface area contributed by atoms with Gasteiger partial charge in [-0.1, -0.05) is 12.1 Å². The molecular weight excluding hydrogens is 309 g/mol. The average Bonchev–Trinajstić information content (AvgIpc) is 2.60. The van der Waals surface area contributed by atoms with Gasteiger partial charge in [-0.2, -0.15) is 0 Å². The molecule has 0 amide bonds. The largest absolute Gasteiger partial charge is 0.490 e. The lowest BCUT2D eigenvalue weighted by Gasteiger charge is -2.32. The van der Waals surface area contributed by atoms with E-state index in [1.807, 2.05) is 13.0 Å². The molecule has 1 saturated heterocycles. The molecular formula is C18H22FN3O2. The number of halogens is 1. The van der Waals surface area contributed by atoms with E-state index in [4.69, 9.17) is 9.47 Å². The summed E-state index contributed by atoms with van der Waals surface area (Å²) in [6.07, 6.45) is 2.58. The van der Waals surface area contributed by atoms with E-state index in [9.17, 15) is 4.39 Å². The predicted molar refractivity (Wildman–Crippen MR) is 88.4 cm³/mol. The van der Waals surface area contributed by atoms with E-state index in [1.54, 1.807) is 24.4 Å². The number of ether oxygens (including phenoxy) is 2. The number of aryl methyl sites for hydroxylation is 1. The molecule has 1 aliphatic heterocycles. The first-order chi connectivity index (χ1) is 11.7. The number of morpholine rings is 1. The molecule has 2 heterocycles. The highest BCUT2D eigenvalue weighted by Crippen LogP contribution is 2.20. The Labute approximate surface area is 141 Å². The Balaban J connectivity index is 1.45. The second-order valence-electron chi connectivity index (χ2n) is 5.82. The minimum absolute atomic E-state index is 0.0204. The van der Waals surface area contributed by atoms with Crippen molar-refractivity contribution in [1.29, 1.82) is 0 Å². The van der Waals surface area contributed by atoms with Crippen molar-refractivity contribution >= 4 is 0 Å². The van der Waals surface area contributed by atoms with Crippen LogP contribution in [-0.4, -0.2) is 47.7 Å². The summed E-state index contributed by atoms with van der Waals surface area (Å²) in [5.74, 6) is 0.753.